The van der Waals surface area contributed by atoms with Gasteiger partial charge in [-0.1, -0.05) is 60.4 Å². The van der Waals surface area contributed by atoms with Crippen molar-refractivity contribution in [3.63, 3.8) is 0 Å². The number of aryl methyl sites for hydroxylation is 1. The zero-order chi connectivity index (χ0) is 23.1. The maximum Gasteiger partial charge on any atom is 0.323 e. The summed E-state index contributed by atoms with van der Waals surface area (Å²) < 4.78 is -0.175. The fourth-order valence-corrected chi connectivity index (χ4v) is 6.19. The van der Waals surface area contributed by atoms with Crippen molar-refractivity contribution in [2.45, 2.75) is 74.3 Å². The summed E-state index contributed by atoms with van der Waals surface area (Å²) in [6.07, 6.45) is 7.85. The number of hydrogen-bond acceptors (Lipinski definition) is 5. The lowest BCUT2D eigenvalue weighted by atomic mass is 9.86. The molecule has 6 nitrogen and oxygen atoms in total. The Hall–Kier alpha value is -2.06. The molecule has 3 rings (SSSR count). The quantitative estimate of drug-likeness (QED) is 0.425. The van der Waals surface area contributed by atoms with Crippen LogP contribution in [0.15, 0.2) is 40.7 Å². The van der Waals surface area contributed by atoms with E-state index in [9.17, 15) is 14.7 Å². The minimum atomic E-state index is -0.948. The molecule has 174 valence electrons. The van der Waals surface area contributed by atoms with Gasteiger partial charge in [-0.3, -0.25) is 10.1 Å². The van der Waals surface area contributed by atoms with E-state index in [0.29, 0.717) is 11.7 Å². The molecular weight excluding hydrogens is 442 g/mol. The lowest BCUT2D eigenvalue weighted by Crippen LogP contribution is -2.45. The molecule has 32 heavy (non-hydrogen) atoms. The number of thioether (sulfide) groups is 1. The van der Waals surface area contributed by atoms with E-state index in [2.05, 4.69) is 29.4 Å². The van der Waals surface area contributed by atoms with Crippen LogP contribution in [0, 0.1) is 5.92 Å². The first-order valence-corrected chi connectivity index (χ1v) is 12.9. The number of carbonyl (C=O) groups is 2. The van der Waals surface area contributed by atoms with Crippen LogP contribution in [0.3, 0.4) is 0 Å². The van der Waals surface area contributed by atoms with Crippen molar-refractivity contribution in [2.75, 3.05) is 11.9 Å². The van der Waals surface area contributed by atoms with Gasteiger partial charge in [0.1, 0.15) is 4.75 Å². The van der Waals surface area contributed by atoms with E-state index >= 15 is 0 Å². The number of thiazole rings is 1. The third-order valence-corrected chi connectivity index (χ3v) is 8.16. The summed E-state index contributed by atoms with van der Waals surface area (Å²) in [4.78, 5) is 30.9. The number of nitrogens with one attached hydrogen (secondary N) is 1. The van der Waals surface area contributed by atoms with Gasteiger partial charge in [-0.15, -0.1) is 0 Å². The van der Waals surface area contributed by atoms with Crippen molar-refractivity contribution in [1.29, 1.82) is 0 Å². The van der Waals surface area contributed by atoms with Crippen molar-refractivity contribution < 1.29 is 14.7 Å². The number of rotatable bonds is 9. The number of carboxylic acid groups (broad SMARTS) is 1. The molecule has 2 amide bonds. The number of aromatic nitrogens is 1. The van der Waals surface area contributed by atoms with Crippen LogP contribution >= 0.6 is 23.1 Å². The molecule has 0 bridgehead atoms. The van der Waals surface area contributed by atoms with Crippen molar-refractivity contribution >= 4 is 40.2 Å². The molecule has 0 radical (unpaired) electrons. The summed E-state index contributed by atoms with van der Waals surface area (Å²) in [5.41, 5.74) is 1.28. The van der Waals surface area contributed by atoms with Crippen LogP contribution in [0.2, 0.25) is 0 Å². The highest BCUT2D eigenvalue weighted by molar-refractivity contribution is 8.03. The number of nitrogens with zero attached hydrogens (tertiary/aromatic N) is 2. The van der Waals surface area contributed by atoms with Crippen LogP contribution in [-0.2, 0) is 11.2 Å². The zero-order valence-corrected chi connectivity index (χ0v) is 20.7. The third kappa shape index (κ3) is 6.97. The average molecular weight is 476 g/mol. The van der Waals surface area contributed by atoms with Gasteiger partial charge < -0.3 is 10.0 Å². The topological polar surface area (TPSA) is 82.5 Å². The number of benzene rings is 1. The molecule has 0 spiro atoms. The first kappa shape index (κ1) is 24.6. The van der Waals surface area contributed by atoms with E-state index in [4.69, 9.17) is 0 Å². The fraction of sp³-hybridized carbons (Fsp3) is 0.542. The van der Waals surface area contributed by atoms with Crippen LogP contribution < -0.4 is 5.32 Å². The van der Waals surface area contributed by atoms with E-state index in [1.54, 1.807) is 20.0 Å². The van der Waals surface area contributed by atoms with E-state index < -0.39 is 10.7 Å². The Labute approximate surface area is 198 Å². The van der Waals surface area contributed by atoms with E-state index in [1.165, 1.54) is 28.7 Å². The number of anilines is 1. The van der Waals surface area contributed by atoms with E-state index in [0.717, 1.165) is 48.7 Å². The fourth-order valence-electron chi connectivity index (χ4n) is 3.93. The third-order valence-electron chi connectivity index (χ3n) is 5.96. The normalized spacial score (nSPS) is 18.8. The van der Waals surface area contributed by atoms with Gasteiger partial charge in [-0.2, -0.15) is 0 Å². The van der Waals surface area contributed by atoms with Gasteiger partial charge in [0.25, 0.3) is 0 Å². The molecule has 1 aromatic carbocycles. The molecule has 1 fully saturated rings. The van der Waals surface area contributed by atoms with E-state index in [-0.39, 0.29) is 12.1 Å². The smallest absolute Gasteiger partial charge is 0.323 e. The first-order chi connectivity index (χ1) is 15.2. The molecular formula is C24H33N3O3S2. The molecule has 0 unspecified atom stereocenters. The summed E-state index contributed by atoms with van der Waals surface area (Å²) in [5.74, 6) is -0.158. The maximum atomic E-state index is 13.2. The van der Waals surface area contributed by atoms with Crippen LogP contribution in [-0.4, -0.2) is 44.3 Å². The second-order valence-corrected chi connectivity index (χ2v) is 12.0. The molecule has 1 aliphatic rings. The van der Waals surface area contributed by atoms with Crippen LogP contribution in [0.1, 0.15) is 58.4 Å². The van der Waals surface area contributed by atoms with Gasteiger partial charge in [0, 0.05) is 12.6 Å². The van der Waals surface area contributed by atoms with Gasteiger partial charge in [0.05, 0.1) is 10.4 Å². The van der Waals surface area contributed by atoms with Gasteiger partial charge in [0.2, 0.25) is 0 Å². The van der Waals surface area contributed by atoms with Gasteiger partial charge in [-0.05, 0) is 63.9 Å². The summed E-state index contributed by atoms with van der Waals surface area (Å²) in [5, 5.41) is 12.8. The second-order valence-electron chi connectivity index (χ2n) is 9.03. The molecule has 0 atom stereocenters. The number of carbonyl (C=O) groups excluding carboxylic acids is 1. The Bertz CT molecular complexity index is 893. The molecule has 1 saturated carbocycles. The highest BCUT2D eigenvalue weighted by Crippen LogP contribution is 2.37. The molecule has 8 heteroatoms. The SMILES string of the molecule is CC(C)(Sc1cnc(NC(=O)N(CCCc2ccccc2)[C@H]2CC[C@H](C)CC2)s1)C(=O)O. The molecule has 0 aliphatic heterocycles. The lowest BCUT2D eigenvalue weighted by Gasteiger charge is -2.36. The lowest BCUT2D eigenvalue weighted by molar-refractivity contribution is -0.138. The summed E-state index contributed by atoms with van der Waals surface area (Å²) in [6.45, 7) is 6.31. The highest BCUT2D eigenvalue weighted by Gasteiger charge is 2.30. The van der Waals surface area contributed by atoms with Crippen molar-refractivity contribution in [2.24, 2.45) is 5.92 Å². The highest BCUT2D eigenvalue weighted by atomic mass is 32.2. The largest absolute Gasteiger partial charge is 0.480 e. The minimum absolute atomic E-state index is 0.110. The molecule has 1 aromatic heterocycles. The predicted molar refractivity (Wildman–Crippen MR) is 132 cm³/mol. The van der Waals surface area contributed by atoms with Crippen molar-refractivity contribution in [3.05, 3.63) is 42.1 Å². The second kappa shape index (κ2) is 11.2. The van der Waals surface area contributed by atoms with Gasteiger partial charge in [-0.25, -0.2) is 9.78 Å². The van der Waals surface area contributed by atoms with Crippen molar-refractivity contribution in [1.82, 2.24) is 9.88 Å². The van der Waals surface area contributed by atoms with Crippen LogP contribution in [0.5, 0.6) is 0 Å². The van der Waals surface area contributed by atoms with Crippen molar-refractivity contribution in [3.8, 4) is 0 Å². The number of aliphatic carboxylic acids is 1. The average Bonchev–Trinajstić information content (AvgIpc) is 3.18. The summed E-state index contributed by atoms with van der Waals surface area (Å²) in [6, 6.07) is 10.5. The predicted octanol–water partition coefficient (Wildman–Crippen LogP) is 6.14. The standard InChI is InChI=1S/C24H33N3O3S2/c1-17-11-13-19(14-12-17)27(15-7-10-18-8-5-4-6-9-18)23(30)26-22-25-16-20(31-22)32-24(2,3)21(28)29/h4-6,8-9,16-17,19H,7,10-15H2,1-3H3,(H,28,29)(H,25,26,30)/t17-,19-. The summed E-state index contributed by atoms with van der Waals surface area (Å²) in [7, 11) is 0. The molecule has 2 N–H and O–H groups in total. The zero-order valence-electron chi connectivity index (χ0n) is 19.0. The molecule has 1 aliphatic carbocycles. The maximum absolute atomic E-state index is 13.2. The Morgan fingerprint density at radius 1 is 1.22 bits per heavy atom. The Morgan fingerprint density at radius 2 is 1.91 bits per heavy atom. The van der Waals surface area contributed by atoms with Crippen LogP contribution in [0.4, 0.5) is 9.93 Å². The monoisotopic (exact) mass is 475 g/mol. The molecule has 0 saturated heterocycles. The molecule has 1 heterocycles. The number of carboxylic acids is 1. The van der Waals surface area contributed by atoms with Crippen LogP contribution in [0.25, 0.3) is 0 Å². The number of amides is 2. The van der Waals surface area contributed by atoms with E-state index in [1.807, 2.05) is 23.1 Å². The van der Waals surface area contributed by atoms with Gasteiger partial charge in [0.15, 0.2) is 5.13 Å². The molecule has 2 aromatic rings. The Balaban J connectivity index is 1.63. The minimum Gasteiger partial charge on any atom is -0.480 e. The van der Waals surface area contributed by atoms with Gasteiger partial charge >= 0.3 is 12.0 Å². The Kier molecular flexibility index (Phi) is 8.59. The Morgan fingerprint density at radius 3 is 2.56 bits per heavy atom. The first-order valence-electron chi connectivity index (χ1n) is 11.2. The number of hydrogen-bond donors (Lipinski definition) is 2. The summed E-state index contributed by atoms with van der Waals surface area (Å²) >= 11 is 2.56. The number of urea groups is 1.